The highest BCUT2D eigenvalue weighted by Crippen LogP contribution is 2.22. The van der Waals surface area contributed by atoms with Gasteiger partial charge in [0.25, 0.3) is 0 Å². The van der Waals surface area contributed by atoms with E-state index in [0.29, 0.717) is 30.1 Å². The molecule has 1 aromatic carbocycles. The lowest BCUT2D eigenvalue weighted by Gasteiger charge is -2.28. The molecule has 2 amide bonds. The van der Waals surface area contributed by atoms with Crippen molar-refractivity contribution in [1.29, 1.82) is 0 Å². The lowest BCUT2D eigenvalue weighted by atomic mass is 10.1. The van der Waals surface area contributed by atoms with Gasteiger partial charge in [-0.25, -0.2) is 4.39 Å². The van der Waals surface area contributed by atoms with E-state index in [-0.39, 0.29) is 24.3 Å². The number of nitrogens with zero attached hydrogens (tertiary/aromatic N) is 2. The van der Waals surface area contributed by atoms with Crippen molar-refractivity contribution >= 4 is 23.4 Å². The first-order valence-electron chi connectivity index (χ1n) is 7.52. The van der Waals surface area contributed by atoms with Gasteiger partial charge in [0.2, 0.25) is 11.8 Å². The minimum absolute atomic E-state index is 0.0990. The van der Waals surface area contributed by atoms with Crippen LogP contribution in [-0.4, -0.2) is 47.8 Å². The second kappa shape index (κ2) is 7.27. The Kier molecular flexibility index (Phi) is 5.59. The zero-order chi connectivity index (χ0) is 17.1. The highest BCUT2D eigenvalue weighted by molar-refractivity contribution is 6.31. The Morgan fingerprint density at radius 3 is 2.78 bits per heavy atom. The van der Waals surface area contributed by atoms with Gasteiger partial charge in [-0.15, -0.1) is 0 Å². The molecule has 5 nitrogen and oxygen atoms in total. The van der Waals surface area contributed by atoms with Crippen LogP contribution < -0.4 is 5.73 Å². The molecule has 126 valence electrons. The number of carbonyl (C=O) groups excluding carboxylic acids is 2. The minimum atomic E-state index is -0.431. The van der Waals surface area contributed by atoms with Crippen molar-refractivity contribution in [2.75, 3.05) is 20.1 Å². The summed E-state index contributed by atoms with van der Waals surface area (Å²) in [5.41, 5.74) is 5.61. The lowest BCUT2D eigenvalue weighted by Crippen LogP contribution is -2.45. The van der Waals surface area contributed by atoms with Crippen LogP contribution in [0.4, 0.5) is 4.39 Å². The maximum Gasteiger partial charge on any atom is 0.239 e. The predicted molar refractivity (Wildman–Crippen MR) is 86.2 cm³/mol. The summed E-state index contributed by atoms with van der Waals surface area (Å²) in [4.78, 5) is 27.1. The summed E-state index contributed by atoms with van der Waals surface area (Å²) in [6.07, 6.45) is 0.663. The Hall–Kier alpha value is -1.66. The lowest BCUT2D eigenvalue weighted by molar-refractivity contribution is -0.135. The second-order valence-electron chi connectivity index (χ2n) is 5.95. The van der Waals surface area contributed by atoms with Crippen LogP contribution >= 0.6 is 11.6 Å². The monoisotopic (exact) mass is 341 g/mol. The number of hydrogen-bond donors (Lipinski definition) is 1. The number of nitrogens with two attached hydrogens (primary N) is 1. The van der Waals surface area contributed by atoms with Gasteiger partial charge in [0.05, 0.1) is 12.0 Å². The largest absolute Gasteiger partial charge is 0.369 e. The molecule has 7 heteroatoms. The smallest absolute Gasteiger partial charge is 0.239 e. The number of likely N-dealkylation sites (N-methyl/N-ethyl adjacent to an activating group) is 1. The average molecular weight is 342 g/mol. The van der Waals surface area contributed by atoms with Crippen LogP contribution in [0.3, 0.4) is 0 Å². The third-order valence-corrected chi connectivity index (χ3v) is 4.71. The molecule has 0 aromatic heterocycles. The summed E-state index contributed by atoms with van der Waals surface area (Å²) in [7, 11) is 1.61. The number of carbonyl (C=O) groups is 2. The van der Waals surface area contributed by atoms with Crippen LogP contribution in [-0.2, 0) is 16.1 Å². The van der Waals surface area contributed by atoms with Crippen LogP contribution in [0, 0.1) is 11.7 Å². The number of primary amides is 1. The topological polar surface area (TPSA) is 66.6 Å². The van der Waals surface area contributed by atoms with Gasteiger partial charge < -0.3 is 10.6 Å². The average Bonchev–Trinajstić information content (AvgIpc) is 2.99. The van der Waals surface area contributed by atoms with Crippen molar-refractivity contribution in [3.63, 3.8) is 0 Å². The first-order valence-corrected chi connectivity index (χ1v) is 7.90. The Bertz CT molecular complexity index is 591. The van der Waals surface area contributed by atoms with Crippen LogP contribution in [0.1, 0.15) is 18.9 Å². The molecule has 0 aliphatic carbocycles. The number of halogens is 2. The van der Waals surface area contributed by atoms with Gasteiger partial charge in [0.1, 0.15) is 5.82 Å². The van der Waals surface area contributed by atoms with E-state index in [4.69, 9.17) is 17.3 Å². The van der Waals surface area contributed by atoms with Crippen molar-refractivity contribution < 1.29 is 14.0 Å². The third-order valence-electron chi connectivity index (χ3n) is 4.36. The van der Waals surface area contributed by atoms with Gasteiger partial charge in [-0.05, 0) is 32.0 Å². The summed E-state index contributed by atoms with van der Waals surface area (Å²) < 4.78 is 13.8. The Morgan fingerprint density at radius 2 is 2.22 bits per heavy atom. The summed E-state index contributed by atoms with van der Waals surface area (Å²) in [5.74, 6) is -1.12. The van der Waals surface area contributed by atoms with Gasteiger partial charge in [0, 0.05) is 30.7 Å². The van der Waals surface area contributed by atoms with Crippen molar-refractivity contribution in [2.24, 2.45) is 11.7 Å². The molecule has 1 aliphatic rings. The van der Waals surface area contributed by atoms with E-state index in [1.54, 1.807) is 20.0 Å². The van der Waals surface area contributed by atoms with Crippen molar-refractivity contribution in [2.45, 2.75) is 25.9 Å². The molecule has 0 spiro atoms. The van der Waals surface area contributed by atoms with Gasteiger partial charge >= 0.3 is 0 Å². The highest BCUT2D eigenvalue weighted by Gasteiger charge is 2.33. The first kappa shape index (κ1) is 17.7. The van der Waals surface area contributed by atoms with E-state index in [0.717, 1.165) is 0 Å². The molecule has 2 N–H and O–H groups in total. The fourth-order valence-electron chi connectivity index (χ4n) is 2.84. The van der Waals surface area contributed by atoms with Gasteiger partial charge in [-0.3, -0.25) is 14.5 Å². The SMILES string of the molecule is C[C@H](C(=O)N(C)Cc1c(F)cccc1Cl)N1CC[C@H](C(N)=O)C1. The molecule has 0 unspecified atom stereocenters. The molecular weight excluding hydrogens is 321 g/mol. The molecule has 1 aliphatic heterocycles. The number of rotatable bonds is 5. The zero-order valence-electron chi connectivity index (χ0n) is 13.3. The molecule has 2 rings (SSSR count). The van der Waals surface area contributed by atoms with Crippen LogP contribution in [0.15, 0.2) is 18.2 Å². The molecule has 1 saturated heterocycles. The summed E-state index contributed by atoms with van der Waals surface area (Å²) in [5, 5.41) is 0.298. The molecule has 0 saturated carbocycles. The quantitative estimate of drug-likeness (QED) is 0.885. The van der Waals surface area contributed by atoms with Crippen LogP contribution in [0.2, 0.25) is 5.02 Å². The van der Waals surface area contributed by atoms with E-state index in [1.807, 2.05) is 4.90 Å². The van der Waals surface area contributed by atoms with E-state index >= 15 is 0 Å². The van der Waals surface area contributed by atoms with Crippen LogP contribution in [0.5, 0.6) is 0 Å². The summed E-state index contributed by atoms with van der Waals surface area (Å²) in [6.45, 7) is 3.01. The Morgan fingerprint density at radius 1 is 1.52 bits per heavy atom. The van der Waals surface area contributed by atoms with Gasteiger partial charge in [-0.2, -0.15) is 0 Å². The Labute approximate surface area is 140 Å². The van der Waals surface area contributed by atoms with E-state index in [1.165, 1.54) is 17.0 Å². The number of benzene rings is 1. The predicted octanol–water partition coefficient (Wildman–Crippen LogP) is 1.63. The fourth-order valence-corrected chi connectivity index (χ4v) is 3.07. The minimum Gasteiger partial charge on any atom is -0.369 e. The first-order chi connectivity index (χ1) is 10.8. The zero-order valence-corrected chi connectivity index (χ0v) is 14.0. The van der Waals surface area contributed by atoms with Gasteiger partial charge in [-0.1, -0.05) is 17.7 Å². The van der Waals surface area contributed by atoms with E-state index in [9.17, 15) is 14.0 Å². The number of likely N-dealkylation sites (tertiary alicyclic amines) is 1. The molecule has 23 heavy (non-hydrogen) atoms. The standard InChI is InChI=1S/C16H21ClFN3O2/c1-10(21-7-6-11(8-21)15(19)22)16(23)20(2)9-12-13(17)4-3-5-14(12)18/h3-5,10-11H,6-9H2,1-2H3,(H2,19,22)/t10-,11+/m1/s1. The maximum absolute atomic E-state index is 13.8. The normalized spacial score (nSPS) is 19.6. The summed E-state index contributed by atoms with van der Waals surface area (Å²) >= 11 is 6.00. The van der Waals surface area contributed by atoms with Crippen LogP contribution in [0.25, 0.3) is 0 Å². The molecule has 1 heterocycles. The molecule has 0 bridgehead atoms. The van der Waals surface area contributed by atoms with E-state index in [2.05, 4.69) is 0 Å². The molecular formula is C16H21ClFN3O2. The molecule has 0 radical (unpaired) electrons. The van der Waals surface area contributed by atoms with Gasteiger partial charge in [0.15, 0.2) is 0 Å². The molecule has 1 fully saturated rings. The highest BCUT2D eigenvalue weighted by atomic mass is 35.5. The number of amides is 2. The third kappa shape index (κ3) is 4.00. The fraction of sp³-hybridized carbons (Fsp3) is 0.500. The second-order valence-corrected chi connectivity index (χ2v) is 6.36. The summed E-state index contributed by atoms with van der Waals surface area (Å²) in [6, 6.07) is 4.05. The number of hydrogen-bond acceptors (Lipinski definition) is 3. The maximum atomic E-state index is 13.8. The molecule has 1 aromatic rings. The van der Waals surface area contributed by atoms with E-state index < -0.39 is 11.9 Å². The van der Waals surface area contributed by atoms with Crippen molar-refractivity contribution in [3.05, 3.63) is 34.6 Å². The molecule has 2 atom stereocenters. The Balaban J connectivity index is 2.01. The van der Waals surface area contributed by atoms with Crippen molar-refractivity contribution in [1.82, 2.24) is 9.80 Å². The van der Waals surface area contributed by atoms with Crippen molar-refractivity contribution in [3.8, 4) is 0 Å².